The van der Waals surface area contributed by atoms with Gasteiger partial charge in [0.25, 0.3) is 0 Å². The fraction of sp³-hybridized carbons (Fsp3) is 0.667. The Labute approximate surface area is 112 Å². The van der Waals surface area contributed by atoms with Crippen molar-refractivity contribution in [1.82, 2.24) is 9.97 Å². The molecule has 1 aliphatic rings. The third kappa shape index (κ3) is 2.93. The summed E-state index contributed by atoms with van der Waals surface area (Å²) >= 11 is 1.57. The molecule has 1 fully saturated rings. The molecule has 0 aliphatic heterocycles. The van der Waals surface area contributed by atoms with E-state index in [1.807, 2.05) is 13.8 Å². The number of aliphatic hydroxyl groups excluding tert-OH is 1. The molecule has 0 spiro atoms. The molecule has 0 bridgehead atoms. The predicted molar refractivity (Wildman–Crippen MR) is 73.6 cm³/mol. The number of aromatic nitrogens is 2. The lowest BCUT2D eigenvalue weighted by atomic mass is 10.3. The largest absolute Gasteiger partial charge is 0.392 e. The Hall–Kier alpha value is -0.850. The maximum Gasteiger partial charge on any atom is 0.147 e. The first-order valence-electron chi connectivity index (χ1n) is 6.22. The van der Waals surface area contributed by atoms with E-state index in [4.69, 9.17) is 5.84 Å². The first-order valence-corrected chi connectivity index (χ1v) is 7.10. The number of rotatable bonds is 5. The fourth-order valence-corrected chi connectivity index (χ4v) is 2.54. The molecule has 4 N–H and O–H groups in total. The highest BCUT2D eigenvalue weighted by Crippen LogP contribution is 2.40. The van der Waals surface area contributed by atoms with Gasteiger partial charge >= 0.3 is 0 Å². The number of hydrazine groups is 1. The van der Waals surface area contributed by atoms with E-state index in [1.165, 1.54) is 0 Å². The van der Waals surface area contributed by atoms with E-state index in [0.29, 0.717) is 11.7 Å². The molecule has 1 aromatic rings. The SMILES string of the molecule is Cc1c(NN)nc(C2CC2)nc1SC(C)C(C)O. The van der Waals surface area contributed by atoms with Crippen LogP contribution in [0.5, 0.6) is 0 Å². The number of nitrogens with zero attached hydrogens (tertiary/aromatic N) is 2. The second-order valence-electron chi connectivity index (χ2n) is 4.84. The van der Waals surface area contributed by atoms with Crippen molar-refractivity contribution in [3.8, 4) is 0 Å². The first kappa shape index (κ1) is 13.6. The first-order chi connectivity index (χ1) is 8.52. The molecule has 5 nitrogen and oxygen atoms in total. The molecule has 1 aliphatic carbocycles. The highest BCUT2D eigenvalue weighted by molar-refractivity contribution is 7.99. The van der Waals surface area contributed by atoms with Crippen LogP contribution in [0, 0.1) is 6.92 Å². The molecule has 100 valence electrons. The summed E-state index contributed by atoms with van der Waals surface area (Å²) in [5, 5.41) is 10.6. The molecule has 6 heteroatoms. The number of thioether (sulfide) groups is 1. The van der Waals surface area contributed by atoms with Crippen LogP contribution in [0.1, 0.15) is 44.0 Å². The van der Waals surface area contributed by atoms with Gasteiger partial charge in [0.2, 0.25) is 0 Å². The van der Waals surface area contributed by atoms with Gasteiger partial charge in [-0.1, -0.05) is 6.92 Å². The van der Waals surface area contributed by atoms with Crippen molar-refractivity contribution in [2.75, 3.05) is 5.43 Å². The van der Waals surface area contributed by atoms with Gasteiger partial charge in [0.15, 0.2) is 0 Å². The summed E-state index contributed by atoms with van der Waals surface area (Å²) in [7, 11) is 0. The van der Waals surface area contributed by atoms with Crippen molar-refractivity contribution in [2.45, 2.75) is 55.9 Å². The molecule has 1 aromatic heterocycles. The Kier molecular flexibility index (Phi) is 4.09. The second kappa shape index (κ2) is 5.42. The van der Waals surface area contributed by atoms with Gasteiger partial charge in [-0.25, -0.2) is 15.8 Å². The summed E-state index contributed by atoms with van der Waals surface area (Å²) in [6.07, 6.45) is 1.94. The van der Waals surface area contributed by atoms with Crippen molar-refractivity contribution in [2.24, 2.45) is 5.84 Å². The summed E-state index contributed by atoms with van der Waals surface area (Å²) in [5.74, 6) is 7.54. The van der Waals surface area contributed by atoms with Gasteiger partial charge in [0.1, 0.15) is 16.7 Å². The number of nitrogens with two attached hydrogens (primary N) is 1. The predicted octanol–water partition coefficient (Wildman–Crippen LogP) is 1.81. The van der Waals surface area contributed by atoms with Crippen LogP contribution in [0.3, 0.4) is 0 Å². The van der Waals surface area contributed by atoms with Gasteiger partial charge in [-0.15, -0.1) is 11.8 Å². The number of anilines is 1. The Balaban J connectivity index is 2.29. The minimum Gasteiger partial charge on any atom is -0.392 e. The standard InChI is InChI=1S/C12H20N4OS/c1-6-10(16-13)14-11(9-4-5-9)15-12(6)18-8(3)7(2)17/h7-9,17H,4-5,13H2,1-3H3,(H,14,15,16). The van der Waals surface area contributed by atoms with Gasteiger partial charge in [0, 0.05) is 16.7 Å². The summed E-state index contributed by atoms with van der Waals surface area (Å²) < 4.78 is 0. The van der Waals surface area contributed by atoms with E-state index in [1.54, 1.807) is 18.7 Å². The molecule has 2 atom stereocenters. The van der Waals surface area contributed by atoms with Crippen LogP contribution >= 0.6 is 11.8 Å². The zero-order valence-electron chi connectivity index (χ0n) is 11.0. The molecule has 18 heavy (non-hydrogen) atoms. The van der Waals surface area contributed by atoms with Crippen LogP contribution in [0.4, 0.5) is 5.82 Å². The Bertz CT molecular complexity index is 434. The maximum absolute atomic E-state index is 9.59. The second-order valence-corrected chi connectivity index (χ2v) is 6.21. The highest BCUT2D eigenvalue weighted by atomic mass is 32.2. The van der Waals surface area contributed by atoms with E-state index in [2.05, 4.69) is 15.4 Å². The lowest BCUT2D eigenvalue weighted by Gasteiger charge is -2.17. The summed E-state index contributed by atoms with van der Waals surface area (Å²) in [6, 6.07) is 0. The van der Waals surface area contributed by atoms with Gasteiger partial charge in [-0.3, -0.25) is 0 Å². The summed E-state index contributed by atoms with van der Waals surface area (Å²) in [4.78, 5) is 9.05. The number of nitrogen functional groups attached to an aromatic ring is 1. The summed E-state index contributed by atoms with van der Waals surface area (Å²) in [6.45, 7) is 5.73. The molecule has 0 radical (unpaired) electrons. The van der Waals surface area contributed by atoms with Crippen LogP contribution in [0.15, 0.2) is 5.03 Å². The van der Waals surface area contributed by atoms with Gasteiger partial charge in [0.05, 0.1) is 6.10 Å². The lowest BCUT2D eigenvalue weighted by molar-refractivity contribution is 0.196. The number of hydrogen-bond acceptors (Lipinski definition) is 6. The number of nitrogens with one attached hydrogen (secondary N) is 1. The van der Waals surface area contributed by atoms with Crippen molar-refractivity contribution in [1.29, 1.82) is 0 Å². The maximum atomic E-state index is 9.59. The Morgan fingerprint density at radius 3 is 2.56 bits per heavy atom. The zero-order valence-corrected chi connectivity index (χ0v) is 11.8. The van der Waals surface area contributed by atoms with Gasteiger partial charge in [-0.05, 0) is 26.7 Å². The molecule has 0 amide bonds. The monoisotopic (exact) mass is 268 g/mol. The smallest absolute Gasteiger partial charge is 0.147 e. The average Bonchev–Trinajstić information content (AvgIpc) is 3.15. The minimum absolute atomic E-state index is 0.0938. The Morgan fingerprint density at radius 1 is 1.39 bits per heavy atom. The third-order valence-electron chi connectivity index (χ3n) is 3.17. The zero-order chi connectivity index (χ0) is 13.3. The molecular formula is C12H20N4OS. The van der Waals surface area contributed by atoms with E-state index in [-0.39, 0.29) is 11.4 Å². The van der Waals surface area contributed by atoms with Crippen LogP contribution in [0.2, 0.25) is 0 Å². The van der Waals surface area contributed by atoms with Crippen molar-refractivity contribution < 1.29 is 5.11 Å². The molecule has 1 saturated carbocycles. The molecule has 0 aromatic carbocycles. The molecule has 2 unspecified atom stereocenters. The van der Waals surface area contributed by atoms with Gasteiger partial charge < -0.3 is 10.5 Å². The quantitative estimate of drug-likeness (QED) is 0.327. The number of hydrogen-bond donors (Lipinski definition) is 3. The van der Waals surface area contributed by atoms with Crippen molar-refractivity contribution in [3.05, 3.63) is 11.4 Å². The van der Waals surface area contributed by atoms with Crippen molar-refractivity contribution in [3.63, 3.8) is 0 Å². The average molecular weight is 268 g/mol. The molecular weight excluding hydrogens is 248 g/mol. The van der Waals surface area contributed by atoms with E-state index in [9.17, 15) is 5.11 Å². The van der Waals surface area contributed by atoms with Crippen LogP contribution in [-0.2, 0) is 0 Å². The molecule has 0 saturated heterocycles. The lowest BCUT2D eigenvalue weighted by Crippen LogP contribution is -2.17. The third-order valence-corrected chi connectivity index (χ3v) is 4.56. The van der Waals surface area contributed by atoms with Crippen LogP contribution in [-0.4, -0.2) is 26.4 Å². The highest BCUT2D eigenvalue weighted by Gasteiger charge is 2.28. The van der Waals surface area contributed by atoms with Gasteiger partial charge in [-0.2, -0.15) is 0 Å². The summed E-state index contributed by atoms with van der Waals surface area (Å²) in [5.41, 5.74) is 3.58. The van der Waals surface area contributed by atoms with E-state index < -0.39 is 0 Å². The fourth-order valence-electron chi connectivity index (χ4n) is 1.57. The van der Waals surface area contributed by atoms with E-state index >= 15 is 0 Å². The minimum atomic E-state index is -0.372. The number of aliphatic hydroxyl groups is 1. The molecule has 2 rings (SSSR count). The van der Waals surface area contributed by atoms with E-state index in [0.717, 1.165) is 29.3 Å². The Morgan fingerprint density at radius 2 is 2.06 bits per heavy atom. The van der Waals surface area contributed by atoms with Crippen molar-refractivity contribution >= 4 is 17.6 Å². The molecule has 1 heterocycles. The normalized spacial score (nSPS) is 18.5. The topological polar surface area (TPSA) is 84.1 Å². The van der Waals surface area contributed by atoms with Crippen LogP contribution in [0.25, 0.3) is 0 Å². The van der Waals surface area contributed by atoms with Crippen LogP contribution < -0.4 is 11.3 Å².